The largest absolute Gasteiger partial charge is 0.464 e. The molecule has 6 nitrogen and oxygen atoms in total. The fraction of sp³-hybridized carbons (Fsp3) is 0.333. The number of ether oxygens (including phenoxy) is 1. The Hall–Kier alpha value is -1.92. The number of aliphatic hydroxyl groups excluding tert-OH is 2. The van der Waals surface area contributed by atoms with Crippen molar-refractivity contribution in [1.29, 1.82) is 0 Å². The van der Waals surface area contributed by atoms with Crippen molar-refractivity contribution in [1.82, 2.24) is 0 Å². The van der Waals surface area contributed by atoms with Gasteiger partial charge in [-0.2, -0.15) is 0 Å². The molecule has 18 heavy (non-hydrogen) atoms. The number of benzene rings is 1. The lowest BCUT2D eigenvalue weighted by molar-refractivity contribution is -0.159. The van der Waals surface area contributed by atoms with Gasteiger partial charge in [0.25, 0.3) is 0 Å². The number of hydrogen-bond donors (Lipinski definition) is 3. The predicted octanol–water partition coefficient (Wildman–Crippen LogP) is -0.257. The van der Waals surface area contributed by atoms with Crippen LogP contribution < -0.4 is 5.73 Å². The average molecular weight is 253 g/mol. The molecule has 0 aliphatic heterocycles. The lowest BCUT2D eigenvalue weighted by Crippen LogP contribution is -2.30. The molecule has 0 heterocycles. The number of carbonyl (C=O) groups is 2. The van der Waals surface area contributed by atoms with E-state index in [9.17, 15) is 19.8 Å². The van der Waals surface area contributed by atoms with E-state index in [0.717, 1.165) is 0 Å². The summed E-state index contributed by atoms with van der Waals surface area (Å²) in [5, 5.41) is 19.3. The molecular formula is C12H15NO5. The number of nitrogens with two attached hydrogens (primary N) is 1. The van der Waals surface area contributed by atoms with E-state index < -0.39 is 24.1 Å². The summed E-state index contributed by atoms with van der Waals surface area (Å²) < 4.78 is 4.58. The minimum atomic E-state index is -1.70. The smallest absolute Gasteiger partial charge is 0.338 e. The number of carbonyl (C=O) groups excluding carboxylic acids is 2. The second kappa shape index (κ2) is 6.13. The van der Waals surface area contributed by atoms with Crippen molar-refractivity contribution in [2.45, 2.75) is 19.1 Å². The number of primary amides is 1. The molecule has 0 bridgehead atoms. The first-order chi connectivity index (χ1) is 8.47. The van der Waals surface area contributed by atoms with Gasteiger partial charge in [-0.3, -0.25) is 4.79 Å². The van der Waals surface area contributed by atoms with Crippen molar-refractivity contribution < 1.29 is 24.5 Å². The molecule has 1 aromatic carbocycles. The standard InChI is InChI=1S/C12H15NO5/c1-2-18-12(17)10(15)9(14)7-4-3-5-8(6-7)11(13)16/h3-6,9-10,14-15H,2H2,1H3,(H2,13,16). The lowest BCUT2D eigenvalue weighted by atomic mass is 10.0. The summed E-state index contributed by atoms with van der Waals surface area (Å²) in [5.74, 6) is -1.58. The topological polar surface area (TPSA) is 110 Å². The Morgan fingerprint density at radius 3 is 2.61 bits per heavy atom. The minimum absolute atomic E-state index is 0.101. The number of esters is 1. The van der Waals surface area contributed by atoms with Crippen LogP contribution >= 0.6 is 0 Å². The van der Waals surface area contributed by atoms with Gasteiger partial charge in [0.05, 0.1) is 6.61 Å². The fourth-order valence-electron chi connectivity index (χ4n) is 1.41. The number of amides is 1. The molecule has 0 spiro atoms. The number of rotatable bonds is 5. The molecule has 6 heteroatoms. The Labute approximate surface area is 104 Å². The van der Waals surface area contributed by atoms with E-state index in [0.29, 0.717) is 0 Å². The quantitative estimate of drug-likeness (QED) is 0.626. The van der Waals surface area contributed by atoms with Gasteiger partial charge in [0.15, 0.2) is 6.10 Å². The van der Waals surface area contributed by atoms with E-state index in [4.69, 9.17) is 5.73 Å². The maximum atomic E-state index is 11.3. The van der Waals surface area contributed by atoms with Crippen LogP contribution in [0.1, 0.15) is 28.9 Å². The second-order valence-corrected chi connectivity index (χ2v) is 3.63. The predicted molar refractivity (Wildman–Crippen MR) is 62.6 cm³/mol. The van der Waals surface area contributed by atoms with Crippen molar-refractivity contribution in [2.75, 3.05) is 6.61 Å². The van der Waals surface area contributed by atoms with Crippen molar-refractivity contribution >= 4 is 11.9 Å². The average Bonchev–Trinajstić information content (AvgIpc) is 2.37. The highest BCUT2D eigenvalue weighted by atomic mass is 16.5. The van der Waals surface area contributed by atoms with E-state index in [2.05, 4.69) is 4.74 Å². The zero-order valence-electron chi connectivity index (χ0n) is 9.87. The van der Waals surface area contributed by atoms with Crippen LogP contribution in [0.25, 0.3) is 0 Å². The third-order valence-corrected chi connectivity index (χ3v) is 2.34. The van der Waals surface area contributed by atoms with Gasteiger partial charge in [-0.25, -0.2) is 4.79 Å². The molecule has 2 atom stereocenters. The van der Waals surface area contributed by atoms with Gasteiger partial charge in [-0.1, -0.05) is 12.1 Å². The third kappa shape index (κ3) is 3.28. The van der Waals surface area contributed by atoms with Gasteiger partial charge in [0.1, 0.15) is 6.10 Å². The highest BCUT2D eigenvalue weighted by molar-refractivity contribution is 5.93. The van der Waals surface area contributed by atoms with E-state index in [1.165, 1.54) is 24.3 Å². The fourth-order valence-corrected chi connectivity index (χ4v) is 1.41. The van der Waals surface area contributed by atoms with Gasteiger partial charge >= 0.3 is 5.97 Å². The molecule has 1 amide bonds. The lowest BCUT2D eigenvalue weighted by Gasteiger charge is -2.17. The Balaban J connectivity index is 2.89. The Kier molecular flexibility index (Phi) is 4.82. The highest BCUT2D eigenvalue weighted by Gasteiger charge is 2.27. The molecule has 0 aliphatic rings. The maximum Gasteiger partial charge on any atom is 0.338 e. The van der Waals surface area contributed by atoms with Gasteiger partial charge in [0.2, 0.25) is 5.91 Å². The molecule has 0 fully saturated rings. The van der Waals surface area contributed by atoms with Gasteiger partial charge in [-0.15, -0.1) is 0 Å². The summed E-state index contributed by atoms with van der Waals surface area (Å²) in [7, 11) is 0. The van der Waals surface area contributed by atoms with Crippen LogP contribution in [0.15, 0.2) is 24.3 Å². The zero-order valence-corrected chi connectivity index (χ0v) is 9.87. The molecular weight excluding hydrogens is 238 g/mol. The van der Waals surface area contributed by atoms with Crippen LogP contribution in [0, 0.1) is 0 Å². The van der Waals surface area contributed by atoms with E-state index in [1.54, 1.807) is 6.92 Å². The summed E-state index contributed by atoms with van der Waals surface area (Å²) >= 11 is 0. The number of hydrogen-bond acceptors (Lipinski definition) is 5. The first kappa shape index (κ1) is 14.1. The van der Waals surface area contributed by atoms with Crippen molar-refractivity contribution in [3.05, 3.63) is 35.4 Å². The van der Waals surface area contributed by atoms with Crippen LogP contribution in [0.5, 0.6) is 0 Å². The monoisotopic (exact) mass is 253 g/mol. The second-order valence-electron chi connectivity index (χ2n) is 3.63. The van der Waals surface area contributed by atoms with Crippen LogP contribution in [-0.4, -0.2) is 34.8 Å². The first-order valence-electron chi connectivity index (χ1n) is 5.40. The van der Waals surface area contributed by atoms with E-state index >= 15 is 0 Å². The molecule has 0 aliphatic carbocycles. The van der Waals surface area contributed by atoms with Gasteiger partial charge in [0, 0.05) is 5.56 Å². The Bertz CT molecular complexity index is 446. The van der Waals surface area contributed by atoms with Crippen molar-refractivity contribution in [2.24, 2.45) is 5.73 Å². The van der Waals surface area contributed by atoms with Crippen molar-refractivity contribution in [3.63, 3.8) is 0 Å². The third-order valence-electron chi connectivity index (χ3n) is 2.34. The van der Waals surface area contributed by atoms with Crippen molar-refractivity contribution in [3.8, 4) is 0 Å². The molecule has 4 N–H and O–H groups in total. The molecule has 0 saturated carbocycles. The summed E-state index contributed by atoms with van der Waals surface area (Å²) in [6.45, 7) is 1.69. The molecule has 1 rings (SSSR count). The van der Waals surface area contributed by atoms with Crippen LogP contribution in [0.4, 0.5) is 0 Å². The Morgan fingerprint density at radius 1 is 1.39 bits per heavy atom. The van der Waals surface area contributed by atoms with Gasteiger partial charge < -0.3 is 20.7 Å². The summed E-state index contributed by atoms with van der Waals surface area (Å²) in [4.78, 5) is 22.2. The molecule has 98 valence electrons. The van der Waals surface area contributed by atoms with Gasteiger partial charge in [-0.05, 0) is 24.6 Å². The van der Waals surface area contributed by atoms with E-state index in [1.807, 2.05) is 0 Å². The summed E-state index contributed by atoms with van der Waals surface area (Å²) in [6, 6.07) is 5.75. The first-order valence-corrected chi connectivity index (χ1v) is 5.40. The maximum absolute atomic E-state index is 11.3. The van der Waals surface area contributed by atoms with Crippen LogP contribution in [-0.2, 0) is 9.53 Å². The molecule has 2 unspecified atom stereocenters. The Morgan fingerprint density at radius 2 is 2.06 bits per heavy atom. The van der Waals surface area contributed by atoms with Crippen LogP contribution in [0.2, 0.25) is 0 Å². The van der Waals surface area contributed by atoms with E-state index in [-0.39, 0.29) is 17.7 Å². The zero-order chi connectivity index (χ0) is 13.7. The normalized spacial score (nSPS) is 13.7. The molecule has 0 aromatic heterocycles. The summed E-state index contributed by atoms with van der Waals surface area (Å²) in [5.41, 5.74) is 5.49. The number of aliphatic hydroxyl groups is 2. The summed E-state index contributed by atoms with van der Waals surface area (Å²) in [6.07, 6.45) is -3.17. The SMILES string of the molecule is CCOC(=O)C(O)C(O)c1cccc(C(N)=O)c1. The molecule has 1 aromatic rings. The highest BCUT2D eigenvalue weighted by Crippen LogP contribution is 2.19. The molecule has 0 radical (unpaired) electrons. The van der Waals surface area contributed by atoms with Crippen LogP contribution in [0.3, 0.4) is 0 Å². The molecule has 0 saturated heterocycles. The minimum Gasteiger partial charge on any atom is -0.464 e.